The Bertz CT molecular complexity index is 2670. The van der Waals surface area contributed by atoms with Crippen LogP contribution >= 0.6 is 11.3 Å². The molecule has 5 aliphatic heterocycles. The third-order valence-electron chi connectivity index (χ3n) is 17.7. The van der Waals surface area contributed by atoms with Gasteiger partial charge in [-0.05, 0) is 99.9 Å². The third kappa shape index (κ3) is 10.1. The van der Waals surface area contributed by atoms with Crippen molar-refractivity contribution in [2.24, 2.45) is 28.6 Å². The first-order valence-corrected chi connectivity index (χ1v) is 28.1. The van der Waals surface area contributed by atoms with Crippen LogP contribution in [0, 0.1) is 28.6 Å². The number of likely N-dealkylation sites (tertiary alicyclic amines) is 1. The van der Waals surface area contributed by atoms with Gasteiger partial charge in [0.05, 0.1) is 60.4 Å². The Balaban J connectivity index is 1.07. The summed E-state index contributed by atoms with van der Waals surface area (Å²) in [7, 11) is 3.92. The molecule has 4 saturated heterocycles. The maximum absolute atomic E-state index is 15.2. The van der Waals surface area contributed by atoms with Gasteiger partial charge in [-0.2, -0.15) is 0 Å². The van der Waals surface area contributed by atoms with Gasteiger partial charge in [0.15, 0.2) is 0 Å². The summed E-state index contributed by atoms with van der Waals surface area (Å²) in [6.45, 7) is 19.1. The number of methoxy groups -OCH3 is 1. The van der Waals surface area contributed by atoms with E-state index in [1.54, 1.807) is 23.5 Å². The van der Waals surface area contributed by atoms with E-state index in [9.17, 15) is 9.59 Å². The molecule has 1 spiro atoms. The molecular weight excluding hydrogens is 943 g/mol. The van der Waals surface area contributed by atoms with Gasteiger partial charge in [-0.3, -0.25) is 29.3 Å². The highest BCUT2D eigenvalue weighted by Gasteiger charge is 2.55. The number of pyridine rings is 1. The van der Waals surface area contributed by atoms with Crippen LogP contribution < -0.4 is 15.6 Å². The highest BCUT2D eigenvalue weighted by Crippen LogP contribution is 2.52. The van der Waals surface area contributed by atoms with Crippen molar-refractivity contribution in [3.63, 3.8) is 0 Å². The first-order chi connectivity index (χ1) is 35.2. The van der Waals surface area contributed by atoms with Crippen molar-refractivity contribution in [1.82, 2.24) is 40.1 Å². The van der Waals surface area contributed by atoms with Gasteiger partial charge >= 0.3 is 5.97 Å². The average molecular weight is 1020 g/mol. The van der Waals surface area contributed by atoms with E-state index < -0.39 is 23.5 Å². The van der Waals surface area contributed by atoms with Gasteiger partial charge in [0.1, 0.15) is 17.1 Å². The molecule has 2 amide bonds. The van der Waals surface area contributed by atoms with Gasteiger partial charge in [-0.1, -0.05) is 40.2 Å². The molecule has 7 aliphatic rings. The molecule has 8 heterocycles. The van der Waals surface area contributed by atoms with E-state index in [0.717, 1.165) is 107 Å². The Morgan fingerprint density at radius 3 is 2.49 bits per heavy atom. The van der Waals surface area contributed by atoms with E-state index in [1.807, 2.05) is 6.20 Å². The Labute approximate surface area is 434 Å². The van der Waals surface area contributed by atoms with Crippen LogP contribution in [0.5, 0.6) is 0 Å². The van der Waals surface area contributed by atoms with Crippen LogP contribution in [0.25, 0.3) is 33.4 Å². The second-order valence-corrected chi connectivity index (χ2v) is 24.3. The molecule has 17 heteroatoms. The number of carbonyl (C=O) groups excluding carboxylic acids is 3. The number of thiazole rings is 1. The summed E-state index contributed by atoms with van der Waals surface area (Å²) in [5.41, 5.74) is 11.0. The smallest absolute Gasteiger partial charge is 0.324 e. The fourth-order valence-corrected chi connectivity index (χ4v) is 13.7. The van der Waals surface area contributed by atoms with Gasteiger partial charge in [-0.15, -0.1) is 11.3 Å². The minimum absolute atomic E-state index is 0.0971. The standard InChI is InChI=1S/C56H77N9O7S/c1-34-35(2)46(34)51(66)59-48-50(63-31-56(32-63)15-9-16-56)52-58-44(30-73-52)37-11-12-45-40(26-37)42(28-55(4,5)33-72-54(68)43-10-8-17-65(60-43)53(48)67)49(64(45)22-25-71-39-13-23-70-24-14-39)41-27-38(29-57-47(41)36(3)69-7)62-20-18-61(6)19-21-62/h11-12,26-27,29-30,34-36,39,43,46,48,50,60H,8-10,13-25,28,31-33H2,1-7H3,(H,59,66)/t34-,35+,36-,43-,46?,48-,50-/m0/s1. The zero-order valence-corrected chi connectivity index (χ0v) is 44.9. The van der Waals surface area contributed by atoms with E-state index in [1.165, 1.54) is 19.3 Å². The molecule has 73 heavy (non-hydrogen) atoms. The van der Waals surface area contributed by atoms with Crippen molar-refractivity contribution in [2.45, 2.75) is 123 Å². The van der Waals surface area contributed by atoms with Crippen molar-refractivity contribution in [3.8, 4) is 22.5 Å². The zero-order valence-electron chi connectivity index (χ0n) is 44.1. The van der Waals surface area contributed by atoms with Crippen LogP contribution in [0.15, 0.2) is 35.8 Å². The minimum Gasteiger partial charge on any atom is -0.464 e. The lowest BCUT2D eigenvalue weighted by Crippen LogP contribution is -2.67. The third-order valence-corrected chi connectivity index (χ3v) is 18.6. The summed E-state index contributed by atoms with van der Waals surface area (Å²) in [6, 6.07) is 6.87. The Hall–Kier alpha value is -4.49. The number of likely N-dealkylation sites (N-methyl/N-ethyl adjacent to an activating group) is 1. The average Bonchev–Trinajstić information content (AvgIpc) is 3.62. The van der Waals surface area contributed by atoms with Crippen molar-refractivity contribution in [1.29, 1.82) is 0 Å². The number of anilines is 1. The normalized spacial score (nSPS) is 28.3. The van der Waals surface area contributed by atoms with Crippen LogP contribution in [-0.2, 0) is 46.3 Å². The van der Waals surface area contributed by atoms with Crippen molar-refractivity contribution in [2.75, 3.05) is 91.3 Å². The molecule has 2 saturated carbocycles. The maximum Gasteiger partial charge on any atom is 0.324 e. The number of rotatable bonds is 11. The predicted octanol–water partition coefficient (Wildman–Crippen LogP) is 7.02. The number of cyclic esters (lactones) is 1. The van der Waals surface area contributed by atoms with Gasteiger partial charge in [0.25, 0.3) is 5.91 Å². The summed E-state index contributed by atoms with van der Waals surface area (Å²) in [5, 5.41) is 8.91. The van der Waals surface area contributed by atoms with Gasteiger partial charge in [0, 0.05) is 111 Å². The number of aromatic nitrogens is 3. The van der Waals surface area contributed by atoms with Gasteiger partial charge in [0.2, 0.25) is 5.91 Å². The summed E-state index contributed by atoms with van der Waals surface area (Å²) in [5.74, 6) is -0.425. The molecule has 3 aromatic heterocycles. The number of amides is 2. The van der Waals surface area contributed by atoms with Gasteiger partial charge < -0.3 is 38.6 Å². The fraction of sp³-hybridized carbons (Fsp3) is 0.661. The number of hydrazine groups is 1. The van der Waals surface area contributed by atoms with Crippen LogP contribution in [0.1, 0.15) is 108 Å². The number of carbonyl (C=O) groups is 3. The molecule has 0 radical (unpaired) electrons. The van der Waals surface area contributed by atoms with E-state index in [2.05, 4.69) is 101 Å². The van der Waals surface area contributed by atoms with Crippen molar-refractivity contribution >= 4 is 45.7 Å². The largest absolute Gasteiger partial charge is 0.464 e. The first kappa shape index (κ1) is 50.7. The van der Waals surface area contributed by atoms with Crippen molar-refractivity contribution in [3.05, 3.63) is 52.1 Å². The van der Waals surface area contributed by atoms with Gasteiger partial charge in [-0.25, -0.2) is 10.4 Å². The second kappa shape index (κ2) is 20.6. The van der Waals surface area contributed by atoms with Crippen LogP contribution in [0.3, 0.4) is 0 Å². The monoisotopic (exact) mass is 1020 g/mol. The minimum atomic E-state index is -0.919. The molecule has 2 N–H and O–H groups in total. The van der Waals surface area contributed by atoms with Crippen molar-refractivity contribution < 1.29 is 33.3 Å². The zero-order chi connectivity index (χ0) is 50.8. The lowest BCUT2D eigenvalue weighted by Gasteiger charge is -2.58. The molecule has 1 unspecified atom stereocenters. The molecule has 6 fully saturated rings. The molecule has 2 aliphatic carbocycles. The summed E-state index contributed by atoms with van der Waals surface area (Å²) >= 11 is 1.56. The number of ether oxygens (including phenoxy) is 4. The number of esters is 1. The molecule has 7 atom stereocenters. The summed E-state index contributed by atoms with van der Waals surface area (Å²) < 4.78 is 27.2. The number of piperazine rings is 1. The quantitative estimate of drug-likeness (QED) is 0.148. The fourth-order valence-electron chi connectivity index (χ4n) is 12.7. The predicted molar refractivity (Wildman–Crippen MR) is 282 cm³/mol. The number of nitrogens with one attached hydrogen (secondary N) is 2. The lowest BCUT2D eigenvalue weighted by molar-refractivity contribution is -0.157. The molecule has 6 bridgehead atoms. The van der Waals surface area contributed by atoms with E-state index in [4.69, 9.17) is 28.9 Å². The molecule has 394 valence electrons. The molecular formula is C56H77N9O7S. The number of hydrogen-bond acceptors (Lipinski definition) is 14. The summed E-state index contributed by atoms with van der Waals surface area (Å²) in [6.07, 6.45) is 8.85. The molecule has 1 aromatic carbocycles. The maximum atomic E-state index is 15.2. The number of nitrogens with zero attached hydrogens (tertiary/aromatic N) is 7. The van der Waals surface area contributed by atoms with Crippen LogP contribution in [-0.4, -0.2) is 152 Å². The Morgan fingerprint density at radius 2 is 1.78 bits per heavy atom. The number of benzene rings is 1. The van der Waals surface area contributed by atoms with Crippen LogP contribution in [0.2, 0.25) is 0 Å². The number of fused-ring (bicyclic) bond motifs is 6. The highest BCUT2D eigenvalue weighted by molar-refractivity contribution is 7.10. The highest BCUT2D eigenvalue weighted by atomic mass is 32.1. The topological polar surface area (TPSA) is 156 Å². The Kier molecular flexibility index (Phi) is 14.3. The van der Waals surface area contributed by atoms with E-state index in [-0.39, 0.29) is 59.8 Å². The number of hydrogen-bond donors (Lipinski definition) is 2. The molecule has 16 nitrogen and oxygen atoms in total. The first-order valence-electron chi connectivity index (χ1n) is 27.3. The summed E-state index contributed by atoms with van der Waals surface area (Å²) in [4.78, 5) is 61.6. The molecule has 11 rings (SSSR count). The second-order valence-electron chi connectivity index (χ2n) is 23.5. The van der Waals surface area contributed by atoms with E-state index in [0.29, 0.717) is 52.2 Å². The molecule has 4 aromatic rings. The SMILES string of the molecule is CO[C@@H](C)c1ncc(N2CCN(C)CC2)cc1-c1c2c3cc(ccc3n1CCOC1CCOCC1)-c1csc(n1)[C@@H](N1CC3(CCC3)C1)[C@H](NC(=O)C1[C@@H](C)[C@H]1C)C(=O)N1CCC[C@H](N1)C(=O)OCC(C)(C)C2. The Morgan fingerprint density at radius 1 is 1.01 bits per heavy atom. The van der Waals surface area contributed by atoms with E-state index >= 15 is 4.79 Å². The lowest BCUT2D eigenvalue weighted by atomic mass is 9.63. The van der Waals surface area contributed by atoms with Crippen LogP contribution in [0.4, 0.5) is 5.69 Å².